The fraction of sp³-hybridized carbons (Fsp3) is 0.300. The number of anilines is 1. The van der Waals surface area contributed by atoms with Crippen molar-refractivity contribution in [3.8, 4) is 23.0 Å². The minimum absolute atomic E-state index is 0.112. The highest BCUT2D eigenvalue weighted by Gasteiger charge is 2.24. The van der Waals surface area contributed by atoms with Gasteiger partial charge in [-0.1, -0.05) is 6.07 Å². The first-order valence-corrected chi connectivity index (χ1v) is 8.39. The standard InChI is InChI=1S/C20H23NO7/c1-12(19(22)21-13-7-6-8-14(9-13)24-2)28-20(23)15-10-17(26-4)18(27-5)11-16(15)25-3/h6-12H,1-5H3,(H,21,22)/t12-/m1/s1. The first kappa shape index (κ1) is 20.9. The van der Waals surface area contributed by atoms with Crippen LogP contribution in [0.4, 0.5) is 5.69 Å². The van der Waals surface area contributed by atoms with Gasteiger partial charge in [-0.3, -0.25) is 4.79 Å². The van der Waals surface area contributed by atoms with Crippen molar-refractivity contribution in [2.24, 2.45) is 0 Å². The van der Waals surface area contributed by atoms with Crippen LogP contribution in [-0.4, -0.2) is 46.4 Å². The van der Waals surface area contributed by atoms with Gasteiger partial charge in [-0.15, -0.1) is 0 Å². The summed E-state index contributed by atoms with van der Waals surface area (Å²) in [4.78, 5) is 24.9. The third-order valence-corrected chi connectivity index (χ3v) is 3.92. The molecule has 0 aliphatic rings. The Labute approximate surface area is 163 Å². The first-order chi connectivity index (χ1) is 13.4. The lowest BCUT2D eigenvalue weighted by Gasteiger charge is -2.16. The van der Waals surface area contributed by atoms with E-state index in [1.54, 1.807) is 24.3 Å². The average molecular weight is 389 g/mol. The predicted octanol–water partition coefficient (Wildman–Crippen LogP) is 2.91. The van der Waals surface area contributed by atoms with Gasteiger partial charge in [-0.2, -0.15) is 0 Å². The summed E-state index contributed by atoms with van der Waals surface area (Å²) < 4.78 is 26.0. The number of esters is 1. The monoisotopic (exact) mass is 389 g/mol. The van der Waals surface area contributed by atoms with E-state index < -0.39 is 18.0 Å². The lowest BCUT2D eigenvalue weighted by Crippen LogP contribution is -2.30. The highest BCUT2D eigenvalue weighted by molar-refractivity contribution is 5.98. The Hall–Kier alpha value is -3.42. The lowest BCUT2D eigenvalue weighted by atomic mass is 10.1. The molecule has 0 saturated carbocycles. The first-order valence-electron chi connectivity index (χ1n) is 8.39. The van der Waals surface area contributed by atoms with E-state index in [9.17, 15) is 9.59 Å². The summed E-state index contributed by atoms with van der Waals surface area (Å²) in [6.45, 7) is 1.47. The highest BCUT2D eigenvalue weighted by Crippen LogP contribution is 2.35. The molecular weight excluding hydrogens is 366 g/mol. The summed E-state index contributed by atoms with van der Waals surface area (Å²) in [7, 11) is 5.86. The van der Waals surface area contributed by atoms with E-state index >= 15 is 0 Å². The van der Waals surface area contributed by atoms with Crippen LogP contribution in [0.25, 0.3) is 0 Å². The highest BCUT2D eigenvalue weighted by atomic mass is 16.6. The van der Waals surface area contributed by atoms with E-state index in [4.69, 9.17) is 23.7 Å². The molecule has 150 valence electrons. The number of amides is 1. The third kappa shape index (κ3) is 4.85. The van der Waals surface area contributed by atoms with E-state index in [-0.39, 0.29) is 11.3 Å². The molecule has 2 rings (SSSR count). The van der Waals surface area contributed by atoms with Crippen LogP contribution in [0.1, 0.15) is 17.3 Å². The molecule has 0 bridgehead atoms. The molecule has 8 nitrogen and oxygen atoms in total. The zero-order chi connectivity index (χ0) is 20.7. The second-order valence-corrected chi connectivity index (χ2v) is 5.68. The van der Waals surface area contributed by atoms with Crippen molar-refractivity contribution in [2.45, 2.75) is 13.0 Å². The molecule has 1 amide bonds. The minimum atomic E-state index is -1.04. The Balaban J connectivity index is 2.13. The fourth-order valence-corrected chi connectivity index (χ4v) is 2.41. The molecule has 28 heavy (non-hydrogen) atoms. The zero-order valence-corrected chi connectivity index (χ0v) is 16.4. The summed E-state index contributed by atoms with van der Waals surface area (Å²) in [5.41, 5.74) is 0.636. The van der Waals surface area contributed by atoms with Crippen LogP contribution in [0.2, 0.25) is 0 Å². The molecule has 0 unspecified atom stereocenters. The van der Waals surface area contributed by atoms with Crippen molar-refractivity contribution < 1.29 is 33.3 Å². The molecule has 0 spiro atoms. The average Bonchev–Trinajstić information content (AvgIpc) is 2.72. The molecule has 0 heterocycles. The van der Waals surface area contributed by atoms with Gasteiger partial charge < -0.3 is 29.0 Å². The topological polar surface area (TPSA) is 92.3 Å². The van der Waals surface area contributed by atoms with Crippen molar-refractivity contribution in [1.82, 2.24) is 0 Å². The second kappa shape index (κ2) is 9.50. The Morgan fingerprint density at radius 1 is 0.857 bits per heavy atom. The van der Waals surface area contributed by atoms with Crippen LogP contribution in [0.5, 0.6) is 23.0 Å². The van der Waals surface area contributed by atoms with Gasteiger partial charge in [-0.05, 0) is 19.1 Å². The number of carbonyl (C=O) groups is 2. The van der Waals surface area contributed by atoms with Gasteiger partial charge >= 0.3 is 5.97 Å². The summed E-state index contributed by atoms with van der Waals surface area (Å²) >= 11 is 0. The largest absolute Gasteiger partial charge is 0.497 e. The Morgan fingerprint density at radius 2 is 1.50 bits per heavy atom. The van der Waals surface area contributed by atoms with Crippen molar-refractivity contribution in [3.05, 3.63) is 42.0 Å². The van der Waals surface area contributed by atoms with Crippen LogP contribution >= 0.6 is 0 Å². The van der Waals surface area contributed by atoms with E-state index in [1.165, 1.54) is 47.5 Å². The summed E-state index contributed by atoms with van der Waals surface area (Å²) in [6, 6.07) is 9.79. The second-order valence-electron chi connectivity index (χ2n) is 5.68. The number of methoxy groups -OCH3 is 4. The zero-order valence-electron chi connectivity index (χ0n) is 16.4. The molecule has 0 aliphatic heterocycles. The molecule has 1 N–H and O–H groups in total. The maximum atomic E-state index is 12.6. The van der Waals surface area contributed by atoms with Gasteiger partial charge in [0, 0.05) is 23.9 Å². The maximum absolute atomic E-state index is 12.6. The van der Waals surface area contributed by atoms with Crippen molar-refractivity contribution in [1.29, 1.82) is 0 Å². The number of carbonyl (C=O) groups excluding carboxylic acids is 2. The lowest BCUT2D eigenvalue weighted by molar-refractivity contribution is -0.123. The minimum Gasteiger partial charge on any atom is -0.497 e. The number of nitrogens with one attached hydrogen (secondary N) is 1. The van der Waals surface area contributed by atoms with E-state index in [0.717, 1.165) is 0 Å². The smallest absolute Gasteiger partial charge is 0.342 e. The van der Waals surface area contributed by atoms with Crippen molar-refractivity contribution >= 4 is 17.6 Å². The van der Waals surface area contributed by atoms with Crippen LogP contribution in [-0.2, 0) is 9.53 Å². The van der Waals surface area contributed by atoms with Crippen molar-refractivity contribution in [3.63, 3.8) is 0 Å². The summed E-state index contributed by atoms with van der Waals surface area (Å²) in [5.74, 6) is 0.358. The van der Waals surface area contributed by atoms with Gasteiger partial charge in [0.05, 0.1) is 28.4 Å². The van der Waals surface area contributed by atoms with Gasteiger partial charge in [-0.25, -0.2) is 4.79 Å². The third-order valence-electron chi connectivity index (χ3n) is 3.92. The quantitative estimate of drug-likeness (QED) is 0.694. The molecule has 0 radical (unpaired) electrons. The normalized spacial score (nSPS) is 11.2. The number of ether oxygens (including phenoxy) is 5. The van der Waals surface area contributed by atoms with Gasteiger partial charge in [0.15, 0.2) is 17.6 Å². The number of benzene rings is 2. The molecule has 2 aromatic carbocycles. The molecule has 1 atom stereocenters. The predicted molar refractivity (Wildman–Crippen MR) is 103 cm³/mol. The number of hydrogen-bond acceptors (Lipinski definition) is 7. The molecule has 0 saturated heterocycles. The molecule has 2 aromatic rings. The van der Waals surface area contributed by atoms with Crippen LogP contribution < -0.4 is 24.3 Å². The van der Waals surface area contributed by atoms with Crippen LogP contribution in [0.15, 0.2) is 36.4 Å². The maximum Gasteiger partial charge on any atom is 0.342 e. The molecule has 0 aromatic heterocycles. The van der Waals surface area contributed by atoms with E-state index in [1.807, 2.05) is 0 Å². The summed E-state index contributed by atoms with van der Waals surface area (Å²) in [5, 5.41) is 2.67. The van der Waals surface area contributed by atoms with Gasteiger partial charge in [0.1, 0.15) is 17.1 Å². The van der Waals surface area contributed by atoms with Gasteiger partial charge in [0.25, 0.3) is 5.91 Å². The van der Waals surface area contributed by atoms with E-state index in [0.29, 0.717) is 22.9 Å². The Bertz CT molecular complexity index is 850. The number of hydrogen-bond donors (Lipinski definition) is 1. The molecule has 8 heteroatoms. The SMILES string of the molecule is COc1cccc(NC(=O)[C@@H](C)OC(=O)c2cc(OC)c(OC)cc2OC)c1. The molecule has 0 aliphatic carbocycles. The number of rotatable bonds is 8. The van der Waals surface area contributed by atoms with E-state index in [2.05, 4.69) is 5.32 Å². The van der Waals surface area contributed by atoms with Crippen molar-refractivity contribution in [2.75, 3.05) is 33.8 Å². The van der Waals surface area contributed by atoms with Gasteiger partial charge in [0.2, 0.25) is 0 Å². The molecule has 0 fully saturated rings. The van der Waals surface area contributed by atoms with Crippen LogP contribution in [0.3, 0.4) is 0 Å². The summed E-state index contributed by atoms with van der Waals surface area (Å²) in [6.07, 6.45) is -1.04. The Morgan fingerprint density at radius 3 is 2.11 bits per heavy atom. The Kier molecular flexibility index (Phi) is 7.08. The van der Waals surface area contributed by atoms with Crippen LogP contribution in [0, 0.1) is 0 Å². The fourth-order valence-electron chi connectivity index (χ4n) is 2.41. The molecular formula is C20H23NO7.